The molecule has 2 aliphatic rings. The lowest BCUT2D eigenvalue weighted by Crippen LogP contribution is -1.99. The van der Waals surface area contributed by atoms with E-state index in [1.807, 2.05) is 0 Å². The molecular formula is C21H20O. The fraction of sp³-hybridized carbons (Fsp3) is 0.238. The Bertz CT molecular complexity index is 750. The summed E-state index contributed by atoms with van der Waals surface area (Å²) in [5.74, 6) is 2.54. The maximum absolute atomic E-state index is 6.18. The van der Waals surface area contributed by atoms with Crippen LogP contribution in [0.2, 0.25) is 0 Å². The second-order valence-corrected chi connectivity index (χ2v) is 6.06. The van der Waals surface area contributed by atoms with Crippen LogP contribution in [0.25, 0.3) is 11.1 Å². The van der Waals surface area contributed by atoms with Crippen molar-refractivity contribution in [2.24, 2.45) is 0 Å². The molecule has 0 saturated carbocycles. The first kappa shape index (κ1) is 13.4. The SMILES string of the molecule is CCCc1ccc(-c2cccc3c2OC2=CC=CCC23)cc1. The van der Waals surface area contributed by atoms with Crippen molar-refractivity contribution in [1.29, 1.82) is 0 Å². The van der Waals surface area contributed by atoms with Gasteiger partial charge in [0.1, 0.15) is 11.5 Å². The molecule has 0 spiro atoms. The van der Waals surface area contributed by atoms with Crippen LogP contribution >= 0.6 is 0 Å². The molecule has 1 heteroatoms. The van der Waals surface area contributed by atoms with Gasteiger partial charge in [0.25, 0.3) is 0 Å². The van der Waals surface area contributed by atoms with Crippen LogP contribution in [0.4, 0.5) is 0 Å². The van der Waals surface area contributed by atoms with E-state index in [1.54, 1.807) is 0 Å². The van der Waals surface area contributed by atoms with Crippen LogP contribution in [-0.4, -0.2) is 0 Å². The number of para-hydroxylation sites is 1. The number of fused-ring (bicyclic) bond motifs is 3. The zero-order valence-electron chi connectivity index (χ0n) is 12.9. The van der Waals surface area contributed by atoms with E-state index in [0.29, 0.717) is 5.92 Å². The summed E-state index contributed by atoms with van der Waals surface area (Å²) in [5, 5.41) is 0. The molecule has 4 rings (SSSR count). The minimum atomic E-state index is 0.402. The van der Waals surface area contributed by atoms with Gasteiger partial charge in [-0.1, -0.05) is 68.0 Å². The molecule has 0 N–H and O–H groups in total. The topological polar surface area (TPSA) is 9.23 Å². The van der Waals surface area contributed by atoms with E-state index in [-0.39, 0.29) is 0 Å². The summed E-state index contributed by atoms with van der Waals surface area (Å²) in [4.78, 5) is 0. The van der Waals surface area contributed by atoms with Crippen molar-refractivity contribution in [3.63, 3.8) is 0 Å². The molecule has 0 fully saturated rings. The molecule has 1 unspecified atom stereocenters. The van der Waals surface area contributed by atoms with Gasteiger partial charge in [0.05, 0.1) is 0 Å². The molecule has 0 aromatic heterocycles. The monoisotopic (exact) mass is 288 g/mol. The van der Waals surface area contributed by atoms with Gasteiger partial charge in [-0.3, -0.25) is 0 Å². The fourth-order valence-electron chi connectivity index (χ4n) is 3.42. The third-order valence-corrected chi connectivity index (χ3v) is 4.56. The summed E-state index contributed by atoms with van der Waals surface area (Å²) < 4.78 is 6.18. The van der Waals surface area contributed by atoms with Crippen LogP contribution in [0.3, 0.4) is 0 Å². The molecule has 2 aromatic carbocycles. The van der Waals surface area contributed by atoms with E-state index in [2.05, 4.69) is 67.6 Å². The molecule has 22 heavy (non-hydrogen) atoms. The van der Waals surface area contributed by atoms with Gasteiger partial charge < -0.3 is 4.74 Å². The lowest BCUT2D eigenvalue weighted by molar-refractivity contribution is 0.426. The van der Waals surface area contributed by atoms with Crippen molar-refractivity contribution in [2.45, 2.75) is 32.1 Å². The zero-order valence-corrected chi connectivity index (χ0v) is 12.9. The molecule has 1 atom stereocenters. The number of benzene rings is 2. The number of rotatable bonds is 3. The van der Waals surface area contributed by atoms with Crippen LogP contribution in [0.1, 0.15) is 36.8 Å². The molecule has 1 aliphatic carbocycles. The van der Waals surface area contributed by atoms with Crippen LogP contribution in [0, 0.1) is 0 Å². The lowest BCUT2D eigenvalue weighted by Gasteiger charge is -2.10. The fourth-order valence-corrected chi connectivity index (χ4v) is 3.42. The number of hydrogen-bond donors (Lipinski definition) is 0. The maximum atomic E-state index is 6.18. The summed E-state index contributed by atoms with van der Waals surface area (Å²) in [6.45, 7) is 2.22. The smallest absolute Gasteiger partial charge is 0.138 e. The predicted molar refractivity (Wildman–Crippen MR) is 91.1 cm³/mol. The third kappa shape index (κ3) is 2.18. The van der Waals surface area contributed by atoms with E-state index in [4.69, 9.17) is 4.74 Å². The van der Waals surface area contributed by atoms with E-state index in [0.717, 1.165) is 24.4 Å². The summed E-state index contributed by atoms with van der Waals surface area (Å²) in [6, 6.07) is 15.4. The summed E-state index contributed by atoms with van der Waals surface area (Å²) in [7, 11) is 0. The molecular weight excluding hydrogens is 268 g/mol. The first-order chi connectivity index (χ1) is 10.9. The lowest BCUT2D eigenvalue weighted by atomic mass is 9.90. The number of hydrogen-bond acceptors (Lipinski definition) is 1. The van der Waals surface area contributed by atoms with Crippen molar-refractivity contribution in [3.8, 4) is 16.9 Å². The highest BCUT2D eigenvalue weighted by atomic mass is 16.5. The molecule has 0 bridgehead atoms. The van der Waals surface area contributed by atoms with Gasteiger partial charge in [-0.25, -0.2) is 0 Å². The Morgan fingerprint density at radius 3 is 2.77 bits per heavy atom. The highest BCUT2D eigenvalue weighted by molar-refractivity contribution is 5.74. The van der Waals surface area contributed by atoms with E-state index in [1.165, 1.54) is 28.7 Å². The quantitative estimate of drug-likeness (QED) is 0.711. The molecule has 1 nitrogen and oxygen atoms in total. The highest BCUT2D eigenvalue weighted by Crippen LogP contribution is 2.48. The Labute approximate surface area is 131 Å². The Morgan fingerprint density at radius 2 is 1.95 bits per heavy atom. The Kier molecular flexibility index (Phi) is 3.34. The molecule has 2 aromatic rings. The van der Waals surface area contributed by atoms with Crippen molar-refractivity contribution in [1.82, 2.24) is 0 Å². The average molecular weight is 288 g/mol. The standard InChI is InChI=1S/C21H20O/c1-2-6-15-11-13-16(14-12-15)17-8-5-9-19-18-7-3-4-10-20(18)22-21(17)19/h3-5,8-14,18H,2,6-7H2,1H3. The first-order valence-corrected chi connectivity index (χ1v) is 8.13. The molecule has 110 valence electrons. The second-order valence-electron chi connectivity index (χ2n) is 6.06. The Balaban J connectivity index is 1.74. The predicted octanol–water partition coefficient (Wildman–Crippen LogP) is 5.63. The van der Waals surface area contributed by atoms with E-state index < -0.39 is 0 Å². The molecule has 0 saturated heterocycles. The normalized spacial score (nSPS) is 18.4. The third-order valence-electron chi connectivity index (χ3n) is 4.56. The van der Waals surface area contributed by atoms with Crippen molar-refractivity contribution < 1.29 is 4.74 Å². The van der Waals surface area contributed by atoms with Gasteiger partial charge in [-0.15, -0.1) is 0 Å². The average Bonchev–Trinajstić information content (AvgIpc) is 2.95. The molecule has 1 heterocycles. The maximum Gasteiger partial charge on any atom is 0.138 e. The van der Waals surface area contributed by atoms with Crippen molar-refractivity contribution in [3.05, 3.63) is 77.6 Å². The summed E-state index contributed by atoms with van der Waals surface area (Å²) in [5.41, 5.74) is 5.17. The van der Waals surface area contributed by atoms with Crippen LogP contribution < -0.4 is 4.74 Å². The van der Waals surface area contributed by atoms with Gasteiger partial charge in [0.2, 0.25) is 0 Å². The molecule has 0 amide bonds. The number of allylic oxidation sites excluding steroid dienone is 4. The Hall–Kier alpha value is -2.28. The number of aryl methyl sites for hydroxylation is 1. The van der Waals surface area contributed by atoms with Gasteiger partial charge >= 0.3 is 0 Å². The number of ether oxygens (including phenoxy) is 1. The minimum absolute atomic E-state index is 0.402. The Morgan fingerprint density at radius 1 is 1.09 bits per heavy atom. The van der Waals surface area contributed by atoms with E-state index >= 15 is 0 Å². The summed E-state index contributed by atoms with van der Waals surface area (Å²) in [6.07, 6.45) is 9.78. The van der Waals surface area contributed by atoms with Crippen LogP contribution in [-0.2, 0) is 6.42 Å². The van der Waals surface area contributed by atoms with Crippen molar-refractivity contribution in [2.75, 3.05) is 0 Å². The van der Waals surface area contributed by atoms with Gasteiger partial charge in [-0.2, -0.15) is 0 Å². The zero-order chi connectivity index (χ0) is 14.9. The molecule has 1 aliphatic heterocycles. The van der Waals surface area contributed by atoms with Crippen LogP contribution in [0.15, 0.2) is 66.5 Å². The minimum Gasteiger partial charge on any atom is -0.460 e. The van der Waals surface area contributed by atoms with Crippen molar-refractivity contribution >= 4 is 0 Å². The summed E-state index contributed by atoms with van der Waals surface area (Å²) >= 11 is 0. The first-order valence-electron chi connectivity index (χ1n) is 8.13. The van der Waals surface area contributed by atoms with Gasteiger partial charge in [0.15, 0.2) is 0 Å². The largest absolute Gasteiger partial charge is 0.460 e. The molecule has 0 radical (unpaired) electrons. The second kappa shape index (κ2) is 5.49. The van der Waals surface area contributed by atoms with Gasteiger partial charge in [-0.05, 0) is 30.0 Å². The van der Waals surface area contributed by atoms with E-state index in [9.17, 15) is 0 Å². The van der Waals surface area contributed by atoms with Crippen LogP contribution in [0.5, 0.6) is 5.75 Å². The highest BCUT2D eigenvalue weighted by Gasteiger charge is 2.31. The van der Waals surface area contributed by atoms with Gasteiger partial charge in [0, 0.05) is 17.0 Å².